The molecule has 2 rings (SSSR count). The van der Waals surface area contributed by atoms with Gasteiger partial charge in [0.05, 0.1) is 17.6 Å². The van der Waals surface area contributed by atoms with Crippen molar-refractivity contribution in [2.24, 2.45) is 5.73 Å². The van der Waals surface area contributed by atoms with Crippen molar-refractivity contribution in [1.82, 2.24) is 14.9 Å². The van der Waals surface area contributed by atoms with E-state index < -0.39 is 0 Å². The van der Waals surface area contributed by atoms with Gasteiger partial charge in [0.25, 0.3) is 0 Å². The number of hydrogen-bond donors (Lipinski definition) is 3. The number of nitrogens with two attached hydrogens (primary N) is 1. The molecule has 0 saturated heterocycles. The van der Waals surface area contributed by atoms with Gasteiger partial charge in [-0.2, -0.15) is 0 Å². The second-order valence-corrected chi connectivity index (χ2v) is 4.81. The molecule has 0 aliphatic rings. The lowest BCUT2D eigenvalue weighted by Gasteiger charge is -2.19. The molecular formula is C13H20N4O. The van der Waals surface area contributed by atoms with E-state index in [9.17, 15) is 0 Å². The minimum absolute atomic E-state index is 0.0170. The van der Waals surface area contributed by atoms with Gasteiger partial charge in [-0.25, -0.2) is 4.98 Å². The number of imidazole rings is 1. The van der Waals surface area contributed by atoms with Gasteiger partial charge in [-0.15, -0.1) is 0 Å². The molecule has 4 N–H and O–H groups in total. The summed E-state index contributed by atoms with van der Waals surface area (Å²) in [6.45, 7) is 3.45. The van der Waals surface area contributed by atoms with Gasteiger partial charge in [0.2, 0.25) is 0 Å². The van der Waals surface area contributed by atoms with Gasteiger partial charge < -0.3 is 20.7 Å². The number of aliphatic hydroxyl groups is 1. The largest absolute Gasteiger partial charge is 0.395 e. The molecule has 0 radical (unpaired) electrons. The third-order valence-corrected chi connectivity index (χ3v) is 2.90. The molecule has 1 atom stereocenters. The summed E-state index contributed by atoms with van der Waals surface area (Å²) < 4.78 is 0. The summed E-state index contributed by atoms with van der Waals surface area (Å²) in [4.78, 5) is 9.71. The number of benzene rings is 1. The fraction of sp³-hybridized carbons (Fsp3) is 0.462. The first-order chi connectivity index (χ1) is 8.58. The van der Waals surface area contributed by atoms with Crippen LogP contribution in [-0.4, -0.2) is 46.2 Å². The molecule has 0 amide bonds. The molecule has 1 aromatic carbocycles. The Morgan fingerprint density at radius 1 is 1.50 bits per heavy atom. The van der Waals surface area contributed by atoms with Gasteiger partial charge in [0.15, 0.2) is 0 Å². The van der Waals surface area contributed by atoms with E-state index in [1.807, 2.05) is 20.0 Å². The molecule has 0 saturated carbocycles. The van der Waals surface area contributed by atoms with E-state index in [-0.39, 0.29) is 12.6 Å². The number of aryl methyl sites for hydroxylation is 1. The zero-order chi connectivity index (χ0) is 13.1. The van der Waals surface area contributed by atoms with Crippen LogP contribution in [0.2, 0.25) is 0 Å². The monoisotopic (exact) mass is 248 g/mol. The normalized spacial score (nSPS) is 13.4. The van der Waals surface area contributed by atoms with Crippen molar-refractivity contribution in [3.63, 3.8) is 0 Å². The number of nitrogens with zero attached hydrogens (tertiary/aromatic N) is 2. The zero-order valence-electron chi connectivity index (χ0n) is 10.8. The van der Waals surface area contributed by atoms with Gasteiger partial charge in [0, 0.05) is 19.1 Å². The average molecular weight is 248 g/mol. The maximum Gasteiger partial charge on any atom is 0.104 e. The predicted molar refractivity (Wildman–Crippen MR) is 72.2 cm³/mol. The van der Waals surface area contributed by atoms with Crippen molar-refractivity contribution in [2.45, 2.75) is 19.5 Å². The Morgan fingerprint density at radius 3 is 3.00 bits per heavy atom. The number of fused-ring (bicyclic) bond motifs is 1. The van der Waals surface area contributed by atoms with Crippen LogP contribution in [0.1, 0.15) is 11.4 Å². The number of aromatic nitrogens is 2. The Bertz CT molecular complexity index is 523. The van der Waals surface area contributed by atoms with Crippen molar-refractivity contribution < 1.29 is 5.11 Å². The number of hydrogen-bond acceptors (Lipinski definition) is 4. The summed E-state index contributed by atoms with van der Waals surface area (Å²) in [6.07, 6.45) is 0. The maximum atomic E-state index is 8.93. The number of aromatic amines is 1. The third kappa shape index (κ3) is 3.07. The van der Waals surface area contributed by atoms with E-state index in [2.05, 4.69) is 27.0 Å². The first kappa shape index (κ1) is 13.0. The minimum Gasteiger partial charge on any atom is -0.395 e. The highest BCUT2D eigenvalue weighted by Crippen LogP contribution is 2.14. The highest BCUT2D eigenvalue weighted by molar-refractivity contribution is 5.75. The van der Waals surface area contributed by atoms with Crippen molar-refractivity contribution >= 4 is 11.0 Å². The van der Waals surface area contributed by atoms with E-state index in [1.54, 1.807) is 0 Å². The molecule has 0 spiro atoms. The van der Waals surface area contributed by atoms with Crippen LogP contribution in [0.15, 0.2) is 18.2 Å². The second kappa shape index (κ2) is 5.48. The Morgan fingerprint density at radius 2 is 2.28 bits per heavy atom. The molecule has 98 valence electrons. The van der Waals surface area contributed by atoms with Crippen LogP contribution in [-0.2, 0) is 6.54 Å². The van der Waals surface area contributed by atoms with Crippen molar-refractivity contribution in [3.8, 4) is 0 Å². The van der Waals surface area contributed by atoms with E-state index in [0.717, 1.165) is 23.4 Å². The van der Waals surface area contributed by atoms with Crippen LogP contribution in [0.5, 0.6) is 0 Å². The van der Waals surface area contributed by atoms with Crippen molar-refractivity contribution in [1.29, 1.82) is 0 Å². The number of likely N-dealkylation sites (N-methyl/N-ethyl adjacent to an activating group) is 1. The molecule has 5 heteroatoms. The summed E-state index contributed by atoms with van der Waals surface area (Å²) in [5.41, 5.74) is 8.97. The topological polar surface area (TPSA) is 78.2 Å². The highest BCUT2D eigenvalue weighted by atomic mass is 16.3. The Labute approximate surface area is 107 Å². The van der Waals surface area contributed by atoms with Crippen LogP contribution in [0.3, 0.4) is 0 Å². The molecule has 2 aromatic rings. The van der Waals surface area contributed by atoms with Gasteiger partial charge in [-0.3, -0.25) is 0 Å². The predicted octanol–water partition coefficient (Wildman–Crippen LogP) is 0.623. The van der Waals surface area contributed by atoms with Crippen molar-refractivity contribution in [2.75, 3.05) is 20.2 Å². The molecule has 1 heterocycles. The summed E-state index contributed by atoms with van der Waals surface area (Å²) in [5, 5.41) is 8.93. The van der Waals surface area contributed by atoms with Gasteiger partial charge >= 0.3 is 0 Å². The van der Waals surface area contributed by atoms with E-state index in [4.69, 9.17) is 10.8 Å². The molecule has 5 nitrogen and oxygen atoms in total. The molecule has 0 aliphatic heterocycles. The van der Waals surface area contributed by atoms with Crippen LogP contribution in [0.4, 0.5) is 0 Å². The lowest BCUT2D eigenvalue weighted by molar-refractivity contribution is 0.218. The van der Waals surface area contributed by atoms with Gasteiger partial charge in [0.1, 0.15) is 5.82 Å². The molecule has 0 fully saturated rings. The van der Waals surface area contributed by atoms with Crippen LogP contribution in [0, 0.1) is 6.92 Å². The molecule has 18 heavy (non-hydrogen) atoms. The van der Waals surface area contributed by atoms with Crippen LogP contribution in [0.25, 0.3) is 11.0 Å². The molecule has 0 aliphatic carbocycles. The van der Waals surface area contributed by atoms with E-state index in [0.29, 0.717) is 6.54 Å². The van der Waals surface area contributed by atoms with Gasteiger partial charge in [-0.05, 0) is 31.7 Å². The standard InChI is InChI=1S/C13H20N4O/c1-9-15-12-4-3-10(5-13(12)16-9)6-17(2)7-11(14)8-18/h3-5,11,18H,6-8,14H2,1-2H3,(H,15,16). The second-order valence-electron chi connectivity index (χ2n) is 4.81. The smallest absolute Gasteiger partial charge is 0.104 e. The summed E-state index contributed by atoms with van der Waals surface area (Å²) in [7, 11) is 2.00. The van der Waals surface area contributed by atoms with Crippen LogP contribution >= 0.6 is 0 Å². The number of rotatable bonds is 5. The first-order valence-corrected chi connectivity index (χ1v) is 6.08. The number of nitrogens with one attached hydrogen (secondary N) is 1. The van der Waals surface area contributed by atoms with Crippen molar-refractivity contribution in [3.05, 3.63) is 29.6 Å². The average Bonchev–Trinajstić information content (AvgIpc) is 2.68. The summed E-state index contributed by atoms with van der Waals surface area (Å²) in [6, 6.07) is 6.02. The number of aliphatic hydroxyl groups excluding tert-OH is 1. The quantitative estimate of drug-likeness (QED) is 0.725. The van der Waals surface area contributed by atoms with Crippen LogP contribution < -0.4 is 5.73 Å². The fourth-order valence-corrected chi connectivity index (χ4v) is 2.12. The summed E-state index contributed by atoms with van der Waals surface area (Å²) in [5.74, 6) is 0.929. The van der Waals surface area contributed by atoms with E-state index >= 15 is 0 Å². The lowest BCUT2D eigenvalue weighted by atomic mass is 10.2. The fourth-order valence-electron chi connectivity index (χ4n) is 2.12. The van der Waals surface area contributed by atoms with E-state index in [1.165, 1.54) is 5.56 Å². The molecule has 0 bridgehead atoms. The third-order valence-electron chi connectivity index (χ3n) is 2.90. The highest BCUT2D eigenvalue weighted by Gasteiger charge is 2.07. The first-order valence-electron chi connectivity index (χ1n) is 6.08. The lowest BCUT2D eigenvalue weighted by Crippen LogP contribution is -2.37. The molecular weight excluding hydrogens is 228 g/mol. The summed E-state index contributed by atoms with van der Waals surface area (Å²) >= 11 is 0. The van der Waals surface area contributed by atoms with Gasteiger partial charge in [-0.1, -0.05) is 6.07 Å². The maximum absolute atomic E-state index is 8.93. The molecule has 1 unspecified atom stereocenters. The Balaban J connectivity index is 2.07. The minimum atomic E-state index is -0.187. The zero-order valence-corrected chi connectivity index (χ0v) is 10.8. The Kier molecular flexibility index (Phi) is 3.96. The number of H-pyrrole nitrogens is 1. The SMILES string of the molecule is Cc1nc2ccc(CN(C)CC(N)CO)cc2[nH]1. The molecule has 1 aromatic heterocycles. The Hall–Kier alpha value is -1.43.